The maximum atomic E-state index is 12.2. The molecule has 0 unspecified atom stereocenters. The second kappa shape index (κ2) is 6.56. The standard InChI is InChI=1S/C14H14N4O3/c1-18(9-5-10-4-2-3-6-15-10)13(19)11-12(14(20)21)17-8-7-16-11/h2-4,6-8H,5,9H2,1H3,(H,20,21). The molecule has 7 heteroatoms. The number of rotatable bonds is 5. The molecule has 2 aromatic rings. The quantitative estimate of drug-likeness (QED) is 0.876. The highest BCUT2D eigenvalue weighted by Gasteiger charge is 2.22. The van der Waals surface area contributed by atoms with Crippen LogP contribution in [0, 0.1) is 0 Å². The van der Waals surface area contributed by atoms with E-state index in [-0.39, 0.29) is 11.4 Å². The Morgan fingerprint density at radius 2 is 1.81 bits per heavy atom. The highest BCUT2D eigenvalue weighted by molar-refractivity contribution is 6.01. The number of likely N-dealkylation sites (N-methyl/N-ethyl adjacent to an activating group) is 1. The van der Waals surface area contributed by atoms with E-state index in [1.807, 2.05) is 18.2 Å². The lowest BCUT2D eigenvalue weighted by molar-refractivity contribution is 0.0672. The molecule has 0 aliphatic rings. The number of hydrogen-bond donors (Lipinski definition) is 1. The number of amides is 1. The van der Waals surface area contributed by atoms with Gasteiger partial charge in [0, 0.05) is 44.3 Å². The highest BCUT2D eigenvalue weighted by atomic mass is 16.4. The van der Waals surface area contributed by atoms with Crippen LogP contribution in [0.25, 0.3) is 0 Å². The van der Waals surface area contributed by atoms with Crippen LogP contribution in [-0.2, 0) is 6.42 Å². The van der Waals surface area contributed by atoms with Gasteiger partial charge in [0.05, 0.1) is 0 Å². The third-order valence-electron chi connectivity index (χ3n) is 2.88. The average molecular weight is 286 g/mol. The van der Waals surface area contributed by atoms with E-state index in [0.717, 1.165) is 5.69 Å². The fraction of sp³-hybridized carbons (Fsp3) is 0.214. The fourth-order valence-electron chi connectivity index (χ4n) is 1.76. The van der Waals surface area contributed by atoms with Gasteiger partial charge in [-0.05, 0) is 12.1 Å². The Labute approximate surface area is 121 Å². The van der Waals surface area contributed by atoms with Gasteiger partial charge in [0.1, 0.15) is 0 Å². The normalized spacial score (nSPS) is 10.1. The first kappa shape index (κ1) is 14.6. The molecule has 21 heavy (non-hydrogen) atoms. The Hall–Kier alpha value is -2.83. The first-order valence-electron chi connectivity index (χ1n) is 6.29. The van der Waals surface area contributed by atoms with Crippen LogP contribution in [0.1, 0.15) is 26.7 Å². The number of carbonyl (C=O) groups excluding carboxylic acids is 1. The molecule has 0 bridgehead atoms. The van der Waals surface area contributed by atoms with E-state index in [9.17, 15) is 9.59 Å². The summed E-state index contributed by atoms with van der Waals surface area (Å²) in [5, 5.41) is 9.02. The van der Waals surface area contributed by atoms with Crippen LogP contribution in [0.2, 0.25) is 0 Å². The largest absolute Gasteiger partial charge is 0.476 e. The van der Waals surface area contributed by atoms with Gasteiger partial charge < -0.3 is 10.0 Å². The van der Waals surface area contributed by atoms with Crippen LogP contribution in [0.15, 0.2) is 36.8 Å². The summed E-state index contributed by atoms with van der Waals surface area (Å²) in [5.74, 6) is -1.75. The lowest BCUT2D eigenvalue weighted by Crippen LogP contribution is -2.31. The van der Waals surface area contributed by atoms with Gasteiger partial charge in [-0.3, -0.25) is 9.78 Å². The molecule has 0 aromatic carbocycles. The Balaban J connectivity index is 2.08. The minimum Gasteiger partial charge on any atom is -0.476 e. The van der Waals surface area contributed by atoms with Gasteiger partial charge in [-0.1, -0.05) is 6.07 Å². The number of aromatic nitrogens is 3. The predicted octanol–water partition coefficient (Wildman–Crippen LogP) is 0.885. The predicted molar refractivity (Wildman–Crippen MR) is 73.9 cm³/mol. The van der Waals surface area contributed by atoms with Crippen molar-refractivity contribution in [3.8, 4) is 0 Å². The third kappa shape index (κ3) is 3.59. The van der Waals surface area contributed by atoms with Crippen LogP contribution >= 0.6 is 0 Å². The summed E-state index contributed by atoms with van der Waals surface area (Å²) in [4.78, 5) is 36.4. The van der Waals surface area contributed by atoms with Gasteiger partial charge in [-0.2, -0.15) is 0 Å². The molecule has 0 aliphatic heterocycles. The summed E-state index contributed by atoms with van der Waals surface area (Å²) < 4.78 is 0. The molecule has 0 saturated carbocycles. The lowest BCUT2D eigenvalue weighted by Gasteiger charge is -2.16. The van der Waals surface area contributed by atoms with Crippen molar-refractivity contribution in [2.24, 2.45) is 0 Å². The van der Waals surface area contributed by atoms with Crippen LogP contribution in [0.5, 0.6) is 0 Å². The molecule has 7 nitrogen and oxygen atoms in total. The van der Waals surface area contributed by atoms with E-state index in [0.29, 0.717) is 13.0 Å². The molecule has 108 valence electrons. The molecule has 0 aliphatic carbocycles. The third-order valence-corrected chi connectivity index (χ3v) is 2.88. The monoisotopic (exact) mass is 286 g/mol. The molecular formula is C14H14N4O3. The van der Waals surface area contributed by atoms with Gasteiger partial charge in [0.2, 0.25) is 0 Å². The minimum absolute atomic E-state index is 0.159. The fourth-order valence-corrected chi connectivity index (χ4v) is 1.76. The zero-order valence-electron chi connectivity index (χ0n) is 11.4. The van der Waals surface area contributed by atoms with Crippen molar-refractivity contribution in [3.63, 3.8) is 0 Å². The smallest absolute Gasteiger partial charge is 0.356 e. The Kier molecular flexibility index (Phi) is 4.55. The van der Waals surface area contributed by atoms with Crippen LogP contribution < -0.4 is 0 Å². The Morgan fingerprint density at radius 3 is 2.43 bits per heavy atom. The van der Waals surface area contributed by atoms with Crippen molar-refractivity contribution in [2.45, 2.75) is 6.42 Å². The van der Waals surface area contributed by atoms with Gasteiger partial charge in [0.25, 0.3) is 5.91 Å². The van der Waals surface area contributed by atoms with Crippen molar-refractivity contribution in [1.29, 1.82) is 0 Å². The molecule has 2 rings (SSSR count). The average Bonchev–Trinajstić information content (AvgIpc) is 2.52. The Bertz CT molecular complexity index is 646. The molecule has 0 fully saturated rings. The molecule has 1 N–H and O–H groups in total. The second-order valence-electron chi connectivity index (χ2n) is 4.36. The number of nitrogens with zero attached hydrogens (tertiary/aromatic N) is 4. The molecule has 2 heterocycles. The Morgan fingerprint density at radius 1 is 1.10 bits per heavy atom. The molecule has 0 radical (unpaired) electrons. The summed E-state index contributed by atoms with van der Waals surface area (Å²) in [6.45, 7) is 0.408. The van der Waals surface area contributed by atoms with E-state index in [4.69, 9.17) is 5.11 Å². The summed E-state index contributed by atoms with van der Waals surface area (Å²) in [7, 11) is 1.59. The van der Waals surface area contributed by atoms with Crippen LogP contribution in [-0.4, -0.2) is 50.4 Å². The SMILES string of the molecule is CN(CCc1ccccn1)C(=O)c1nccnc1C(=O)O. The van der Waals surface area contributed by atoms with Crippen molar-refractivity contribution >= 4 is 11.9 Å². The summed E-state index contributed by atoms with van der Waals surface area (Å²) in [5.41, 5.74) is 0.357. The zero-order valence-corrected chi connectivity index (χ0v) is 11.4. The van der Waals surface area contributed by atoms with Gasteiger partial charge in [-0.15, -0.1) is 0 Å². The first-order chi connectivity index (χ1) is 10.1. The number of carboxylic acid groups (broad SMARTS) is 1. The van der Waals surface area contributed by atoms with Gasteiger partial charge in [-0.25, -0.2) is 14.8 Å². The number of carbonyl (C=O) groups is 2. The number of aromatic carboxylic acids is 1. The van der Waals surface area contributed by atoms with Crippen molar-refractivity contribution in [1.82, 2.24) is 19.9 Å². The van der Waals surface area contributed by atoms with Crippen LogP contribution in [0.4, 0.5) is 0 Å². The first-order valence-corrected chi connectivity index (χ1v) is 6.29. The maximum absolute atomic E-state index is 12.2. The number of carboxylic acids is 1. The number of pyridine rings is 1. The van der Waals surface area contributed by atoms with E-state index < -0.39 is 11.9 Å². The number of hydrogen-bond acceptors (Lipinski definition) is 5. The van der Waals surface area contributed by atoms with E-state index in [2.05, 4.69) is 15.0 Å². The van der Waals surface area contributed by atoms with E-state index in [1.54, 1.807) is 13.2 Å². The molecule has 2 aromatic heterocycles. The van der Waals surface area contributed by atoms with Gasteiger partial charge in [0.15, 0.2) is 11.4 Å². The summed E-state index contributed by atoms with van der Waals surface area (Å²) in [6.07, 6.45) is 4.80. The molecule has 0 atom stereocenters. The van der Waals surface area contributed by atoms with Crippen molar-refractivity contribution in [3.05, 3.63) is 53.9 Å². The summed E-state index contributed by atoms with van der Waals surface area (Å²) in [6, 6.07) is 5.55. The van der Waals surface area contributed by atoms with E-state index >= 15 is 0 Å². The van der Waals surface area contributed by atoms with Crippen molar-refractivity contribution in [2.75, 3.05) is 13.6 Å². The second-order valence-corrected chi connectivity index (χ2v) is 4.36. The molecule has 1 amide bonds. The van der Waals surface area contributed by atoms with Gasteiger partial charge >= 0.3 is 5.97 Å². The molecule has 0 saturated heterocycles. The highest BCUT2D eigenvalue weighted by Crippen LogP contribution is 2.06. The minimum atomic E-state index is -1.27. The molecular weight excluding hydrogens is 272 g/mol. The topological polar surface area (TPSA) is 96.3 Å². The van der Waals surface area contributed by atoms with Crippen molar-refractivity contribution < 1.29 is 14.7 Å². The van der Waals surface area contributed by atoms with Crippen LogP contribution in [0.3, 0.4) is 0 Å². The zero-order chi connectivity index (χ0) is 15.2. The maximum Gasteiger partial charge on any atom is 0.356 e. The lowest BCUT2D eigenvalue weighted by atomic mass is 10.2. The molecule has 0 spiro atoms. The van der Waals surface area contributed by atoms with E-state index in [1.165, 1.54) is 17.3 Å². The summed E-state index contributed by atoms with van der Waals surface area (Å²) >= 11 is 0.